The van der Waals surface area contributed by atoms with Gasteiger partial charge >= 0.3 is 0 Å². The van der Waals surface area contributed by atoms with Crippen LogP contribution in [-0.2, 0) is 6.67 Å². The Labute approximate surface area is 89.1 Å². The number of hydrogen-bond donors (Lipinski definition) is 2. The van der Waals surface area contributed by atoms with E-state index < -0.39 is 6.67 Å². The van der Waals surface area contributed by atoms with Crippen LogP contribution in [0, 0.1) is 0 Å². The molecule has 0 bridgehead atoms. The van der Waals surface area contributed by atoms with Crippen LogP contribution in [0.25, 0.3) is 0 Å². The molecule has 0 aromatic heterocycles. The Balaban J connectivity index is 2.24. The maximum Gasteiger partial charge on any atom is 0.120 e. The van der Waals surface area contributed by atoms with E-state index in [2.05, 4.69) is 5.32 Å². The molecule has 0 radical (unpaired) electrons. The van der Waals surface area contributed by atoms with Crippen LogP contribution in [0.15, 0.2) is 18.2 Å². The Bertz CT molecular complexity index is 334. The van der Waals surface area contributed by atoms with E-state index >= 15 is 0 Å². The van der Waals surface area contributed by atoms with Crippen molar-refractivity contribution in [3.8, 4) is 5.75 Å². The van der Waals surface area contributed by atoms with Gasteiger partial charge in [0, 0.05) is 11.6 Å². The zero-order chi connectivity index (χ0) is 10.7. The Kier molecular flexibility index (Phi) is 3.21. The lowest BCUT2D eigenvalue weighted by atomic mass is 9.95. The first kappa shape index (κ1) is 10.4. The average molecular weight is 209 g/mol. The molecule has 1 unspecified atom stereocenters. The topological polar surface area (TPSA) is 32.3 Å². The van der Waals surface area contributed by atoms with Crippen LogP contribution in [0.1, 0.15) is 36.4 Å². The maximum absolute atomic E-state index is 12.5. The highest BCUT2D eigenvalue weighted by molar-refractivity contribution is 5.38. The summed E-state index contributed by atoms with van der Waals surface area (Å²) in [5.74, 6) is 0.270. The summed E-state index contributed by atoms with van der Waals surface area (Å²) in [7, 11) is 0. The predicted octanol–water partition coefficient (Wildman–Crippen LogP) is 2.68. The van der Waals surface area contributed by atoms with Gasteiger partial charge in [-0.3, -0.25) is 0 Å². The molecule has 15 heavy (non-hydrogen) atoms. The molecule has 2 N–H and O–H groups in total. The lowest BCUT2D eigenvalue weighted by Crippen LogP contribution is -2.26. The second-order valence-corrected chi connectivity index (χ2v) is 4.03. The van der Waals surface area contributed by atoms with Crippen molar-refractivity contribution in [3.05, 3.63) is 29.3 Å². The van der Waals surface area contributed by atoms with Gasteiger partial charge in [-0.2, -0.15) is 0 Å². The number of benzene rings is 1. The molecular weight excluding hydrogens is 193 g/mol. The molecule has 1 atom stereocenters. The molecule has 1 heterocycles. The van der Waals surface area contributed by atoms with Crippen LogP contribution in [0.5, 0.6) is 5.75 Å². The monoisotopic (exact) mass is 209 g/mol. The summed E-state index contributed by atoms with van der Waals surface area (Å²) in [6.45, 7) is 0.504. The highest BCUT2D eigenvalue weighted by Crippen LogP contribution is 2.30. The second kappa shape index (κ2) is 4.62. The number of halogens is 1. The average Bonchev–Trinajstić information content (AvgIpc) is 2.31. The summed E-state index contributed by atoms with van der Waals surface area (Å²) in [5, 5.41) is 13.1. The molecule has 1 aromatic carbocycles. The fourth-order valence-electron chi connectivity index (χ4n) is 2.08. The summed E-state index contributed by atoms with van der Waals surface area (Å²) in [6, 6.07) is 5.16. The van der Waals surface area contributed by atoms with E-state index in [1.165, 1.54) is 6.42 Å². The Morgan fingerprint density at radius 3 is 2.93 bits per heavy atom. The summed E-state index contributed by atoms with van der Waals surface area (Å²) >= 11 is 0. The standard InChI is InChI=1S/C12H16FNO/c13-8-9-4-5-12(15)10(7-9)11-3-1-2-6-14-11/h4-5,7,11,14-15H,1-3,6,8H2. The van der Waals surface area contributed by atoms with E-state index in [9.17, 15) is 9.50 Å². The van der Waals surface area contributed by atoms with Crippen LogP contribution in [-0.4, -0.2) is 11.7 Å². The third-order valence-corrected chi connectivity index (χ3v) is 2.93. The van der Waals surface area contributed by atoms with Gasteiger partial charge in [0.2, 0.25) is 0 Å². The zero-order valence-corrected chi connectivity index (χ0v) is 8.67. The third-order valence-electron chi connectivity index (χ3n) is 2.93. The number of phenolic OH excluding ortho intramolecular Hbond substituents is 1. The molecule has 0 aliphatic carbocycles. The summed E-state index contributed by atoms with van der Waals surface area (Å²) in [4.78, 5) is 0. The van der Waals surface area contributed by atoms with Crippen LogP contribution in [0.2, 0.25) is 0 Å². The normalized spacial score (nSPS) is 21.5. The molecule has 1 aliphatic rings. The number of piperidine rings is 1. The van der Waals surface area contributed by atoms with E-state index in [1.54, 1.807) is 18.2 Å². The SMILES string of the molecule is Oc1ccc(CF)cc1C1CCCCN1. The van der Waals surface area contributed by atoms with Gasteiger partial charge in [-0.25, -0.2) is 4.39 Å². The second-order valence-electron chi connectivity index (χ2n) is 4.03. The highest BCUT2D eigenvalue weighted by atomic mass is 19.1. The number of alkyl halides is 1. The zero-order valence-electron chi connectivity index (χ0n) is 8.67. The minimum atomic E-state index is -0.472. The summed E-state index contributed by atoms with van der Waals surface area (Å²) in [5.41, 5.74) is 1.47. The lowest BCUT2D eigenvalue weighted by Gasteiger charge is -2.24. The molecule has 1 aromatic rings. The van der Waals surface area contributed by atoms with Gasteiger partial charge in [0.1, 0.15) is 12.4 Å². The molecule has 0 amide bonds. The summed E-state index contributed by atoms with van der Waals surface area (Å²) in [6.07, 6.45) is 3.36. The van der Waals surface area contributed by atoms with Crippen molar-refractivity contribution in [2.75, 3.05) is 6.54 Å². The fraction of sp³-hybridized carbons (Fsp3) is 0.500. The van der Waals surface area contributed by atoms with Gasteiger partial charge in [-0.05, 0) is 37.1 Å². The van der Waals surface area contributed by atoms with Crippen LogP contribution in [0.3, 0.4) is 0 Å². The van der Waals surface area contributed by atoms with Gasteiger partial charge < -0.3 is 10.4 Å². The first-order valence-electron chi connectivity index (χ1n) is 5.42. The van der Waals surface area contributed by atoms with E-state index in [-0.39, 0.29) is 11.8 Å². The molecule has 82 valence electrons. The van der Waals surface area contributed by atoms with Gasteiger partial charge in [-0.1, -0.05) is 12.5 Å². The van der Waals surface area contributed by atoms with Crippen molar-refractivity contribution < 1.29 is 9.50 Å². The molecule has 2 rings (SSSR count). The van der Waals surface area contributed by atoms with Crippen molar-refractivity contribution in [1.82, 2.24) is 5.32 Å². The first-order chi connectivity index (χ1) is 7.31. The van der Waals surface area contributed by atoms with Crippen molar-refractivity contribution in [2.45, 2.75) is 32.0 Å². The van der Waals surface area contributed by atoms with E-state index in [1.807, 2.05) is 0 Å². The van der Waals surface area contributed by atoms with E-state index in [0.717, 1.165) is 24.9 Å². The molecule has 1 aliphatic heterocycles. The summed E-state index contributed by atoms with van der Waals surface area (Å²) < 4.78 is 12.5. The molecule has 2 nitrogen and oxygen atoms in total. The van der Waals surface area contributed by atoms with Crippen LogP contribution < -0.4 is 5.32 Å². The fourth-order valence-corrected chi connectivity index (χ4v) is 2.08. The third kappa shape index (κ3) is 2.29. The maximum atomic E-state index is 12.5. The molecule has 1 saturated heterocycles. The molecule has 0 saturated carbocycles. The van der Waals surface area contributed by atoms with Gasteiger partial charge in [0.05, 0.1) is 0 Å². The Hall–Kier alpha value is -1.09. The molecule has 0 spiro atoms. The molecule has 1 fully saturated rings. The van der Waals surface area contributed by atoms with Gasteiger partial charge in [-0.15, -0.1) is 0 Å². The minimum absolute atomic E-state index is 0.185. The van der Waals surface area contributed by atoms with Crippen molar-refractivity contribution >= 4 is 0 Å². The van der Waals surface area contributed by atoms with Gasteiger partial charge in [0.15, 0.2) is 0 Å². The lowest BCUT2D eigenvalue weighted by molar-refractivity contribution is 0.389. The van der Waals surface area contributed by atoms with Gasteiger partial charge in [0.25, 0.3) is 0 Å². The van der Waals surface area contributed by atoms with E-state index in [4.69, 9.17) is 0 Å². The Morgan fingerprint density at radius 2 is 2.27 bits per heavy atom. The largest absolute Gasteiger partial charge is 0.508 e. The number of hydrogen-bond acceptors (Lipinski definition) is 2. The minimum Gasteiger partial charge on any atom is -0.508 e. The van der Waals surface area contributed by atoms with Crippen LogP contribution in [0.4, 0.5) is 4.39 Å². The smallest absolute Gasteiger partial charge is 0.120 e. The van der Waals surface area contributed by atoms with E-state index in [0.29, 0.717) is 5.56 Å². The predicted molar refractivity (Wildman–Crippen MR) is 57.5 cm³/mol. The quantitative estimate of drug-likeness (QED) is 0.784. The number of rotatable bonds is 2. The first-order valence-corrected chi connectivity index (χ1v) is 5.42. The number of nitrogens with one attached hydrogen (secondary N) is 1. The number of aromatic hydroxyl groups is 1. The molecular formula is C12H16FNO. The van der Waals surface area contributed by atoms with Crippen molar-refractivity contribution in [3.63, 3.8) is 0 Å². The van der Waals surface area contributed by atoms with Crippen molar-refractivity contribution in [2.24, 2.45) is 0 Å². The van der Waals surface area contributed by atoms with Crippen molar-refractivity contribution in [1.29, 1.82) is 0 Å². The highest BCUT2D eigenvalue weighted by Gasteiger charge is 2.17. The van der Waals surface area contributed by atoms with Crippen LogP contribution >= 0.6 is 0 Å². The number of phenols is 1. The Morgan fingerprint density at radius 1 is 1.40 bits per heavy atom. The molecule has 3 heteroatoms.